The Morgan fingerprint density at radius 2 is 2.00 bits per heavy atom. The van der Waals surface area contributed by atoms with Gasteiger partial charge in [-0.2, -0.15) is 18.6 Å². The second-order valence-electron chi connectivity index (χ2n) is 3.31. The predicted octanol–water partition coefficient (Wildman–Crippen LogP) is 0.722. The number of fused-ring (bicyclic) bond motifs is 1. The first-order valence-electron chi connectivity index (χ1n) is 4.63. The fourth-order valence-electron chi connectivity index (χ4n) is 1.45. The van der Waals surface area contributed by atoms with Gasteiger partial charge in [-0.15, -0.1) is 0 Å². The number of para-hydroxylation sites is 1. The third-order valence-corrected chi connectivity index (χ3v) is 3.26. The van der Waals surface area contributed by atoms with E-state index in [-0.39, 0.29) is 0 Å². The van der Waals surface area contributed by atoms with Crippen LogP contribution in [0.15, 0.2) is 35.4 Å². The van der Waals surface area contributed by atoms with Crippen LogP contribution in [-0.2, 0) is 14.4 Å². The van der Waals surface area contributed by atoms with Crippen molar-refractivity contribution < 1.29 is 17.6 Å². The number of nitrogens with zero attached hydrogens (tertiary/aromatic N) is 2. The van der Waals surface area contributed by atoms with Crippen LogP contribution in [0.4, 0.5) is 5.69 Å². The third kappa shape index (κ3) is 2.01. The molecule has 0 fully saturated rings. The highest BCUT2D eigenvalue weighted by Gasteiger charge is 2.29. The smallest absolute Gasteiger partial charge is 0.258 e. The molecule has 0 aliphatic rings. The quantitative estimate of drug-likeness (QED) is 0.642. The molecule has 2 rings (SSSR count). The zero-order chi connectivity index (χ0) is 13.3. The predicted molar refractivity (Wildman–Crippen MR) is 60.9 cm³/mol. The van der Waals surface area contributed by atoms with Crippen molar-refractivity contribution in [2.75, 3.05) is 0 Å². The van der Waals surface area contributed by atoms with E-state index in [1.165, 1.54) is 6.07 Å². The third-order valence-electron chi connectivity index (χ3n) is 2.23. The highest BCUT2D eigenvalue weighted by atomic mass is 32.2. The molecular formula is C9H7N3O5S. The van der Waals surface area contributed by atoms with Gasteiger partial charge in [0.2, 0.25) is 0 Å². The van der Waals surface area contributed by atoms with Crippen LogP contribution in [0.2, 0.25) is 0 Å². The molecule has 0 spiro atoms. The Balaban J connectivity index is 2.86. The van der Waals surface area contributed by atoms with Crippen molar-refractivity contribution in [3.63, 3.8) is 0 Å². The maximum Gasteiger partial charge on any atom is 0.337 e. The lowest BCUT2D eigenvalue weighted by Gasteiger charge is -2.03. The Morgan fingerprint density at radius 3 is 2.61 bits per heavy atom. The molecule has 0 amide bonds. The summed E-state index contributed by atoms with van der Waals surface area (Å²) in [5.41, 5.74) is -0.391. The van der Waals surface area contributed by atoms with Crippen LogP contribution >= 0.6 is 0 Å². The average Bonchev–Trinajstić information content (AvgIpc) is 2.37. The average molecular weight is 269 g/mol. The Morgan fingerprint density at radius 1 is 1.33 bits per heavy atom. The summed E-state index contributed by atoms with van der Waals surface area (Å²) >= 11 is 0. The van der Waals surface area contributed by atoms with Crippen LogP contribution in [0, 0.1) is 10.1 Å². The topological polar surface area (TPSA) is 125 Å². The van der Waals surface area contributed by atoms with Crippen LogP contribution in [0.25, 0.3) is 10.9 Å². The summed E-state index contributed by atoms with van der Waals surface area (Å²) in [6.07, 6.45) is 0. The zero-order valence-corrected chi connectivity index (χ0v) is 9.62. The number of pyridine rings is 1. The first-order valence-corrected chi connectivity index (χ1v) is 6.04. The molecule has 0 unspecified atom stereocenters. The van der Waals surface area contributed by atoms with E-state index >= 15 is 0 Å². The van der Waals surface area contributed by atoms with Crippen molar-refractivity contribution in [3.05, 3.63) is 40.4 Å². The number of benzene rings is 1. The molecule has 2 N–H and O–H groups in total. The molecule has 8 nitrogen and oxygen atoms in total. The molecule has 9 heteroatoms. The van der Waals surface area contributed by atoms with Crippen LogP contribution in [0.3, 0.4) is 0 Å². The van der Waals surface area contributed by atoms with Crippen molar-refractivity contribution in [2.45, 2.75) is 5.03 Å². The lowest BCUT2D eigenvalue weighted by atomic mass is 10.2. The van der Waals surface area contributed by atoms with Gasteiger partial charge in [0.25, 0.3) is 5.03 Å². The maximum atomic E-state index is 11.5. The zero-order valence-electron chi connectivity index (χ0n) is 8.81. The molecule has 0 aliphatic carbocycles. The largest absolute Gasteiger partial charge is 0.337 e. The molecule has 0 saturated carbocycles. The first-order chi connectivity index (χ1) is 8.45. The normalized spacial score (nSPS) is 11.6. The molecule has 0 radical (unpaired) electrons. The minimum atomic E-state index is -4.44. The lowest BCUT2D eigenvalue weighted by Crippen LogP contribution is -2.14. The minimum absolute atomic E-state index is 0.290. The molecule has 94 valence electrons. The summed E-state index contributed by atoms with van der Waals surface area (Å²) in [6, 6.07) is 7.49. The minimum Gasteiger partial charge on any atom is -0.258 e. The molecule has 0 atom stereocenters. The summed E-state index contributed by atoms with van der Waals surface area (Å²) in [5.74, 6) is 4.60. The molecule has 0 aliphatic heterocycles. The molecule has 2 aromatic rings. The van der Waals surface area contributed by atoms with Gasteiger partial charge < -0.3 is 0 Å². The van der Waals surface area contributed by atoms with Crippen molar-refractivity contribution in [1.82, 2.24) is 4.98 Å². The standard InChI is InChI=1S/C9H7N3O5S/c10-17-18(15,16)9-8(12(13)14)5-6-3-1-2-4-7(6)11-9/h1-5H,10H2. The van der Waals surface area contributed by atoms with Gasteiger partial charge in [0.15, 0.2) is 0 Å². The van der Waals surface area contributed by atoms with Crippen molar-refractivity contribution >= 4 is 26.7 Å². The maximum absolute atomic E-state index is 11.5. The van der Waals surface area contributed by atoms with E-state index in [1.807, 2.05) is 0 Å². The molecule has 1 aromatic heterocycles. The second-order valence-corrected chi connectivity index (χ2v) is 4.80. The van der Waals surface area contributed by atoms with Gasteiger partial charge in [-0.25, -0.2) is 4.98 Å². The molecule has 1 heterocycles. The fourth-order valence-corrected chi connectivity index (χ4v) is 2.14. The molecular weight excluding hydrogens is 262 g/mol. The molecule has 0 bridgehead atoms. The summed E-state index contributed by atoms with van der Waals surface area (Å²) in [7, 11) is -4.44. The van der Waals surface area contributed by atoms with E-state index < -0.39 is 25.8 Å². The van der Waals surface area contributed by atoms with E-state index in [2.05, 4.69) is 15.2 Å². The number of nitrogens with two attached hydrogens (primary N) is 1. The fraction of sp³-hybridized carbons (Fsp3) is 0. The second kappa shape index (κ2) is 4.29. The highest BCUT2D eigenvalue weighted by molar-refractivity contribution is 7.86. The summed E-state index contributed by atoms with van der Waals surface area (Å²) in [5, 5.41) is 10.5. The van der Waals surface area contributed by atoms with E-state index in [9.17, 15) is 18.5 Å². The van der Waals surface area contributed by atoms with Crippen LogP contribution < -0.4 is 5.90 Å². The van der Waals surface area contributed by atoms with E-state index in [4.69, 9.17) is 0 Å². The lowest BCUT2D eigenvalue weighted by molar-refractivity contribution is -0.388. The Hall–Kier alpha value is -2.10. The molecule has 1 aromatic carbocycles. The Labute approximate surface area is 101 Å². The van der Waals surface area contributed by atoms with Crippen molar-refractivity contribution in [1.29, 1.82) is 0 Å². The van der Waals surface area contributed by atoms with Crippen LogP contribution in [0.5, 0.6) is 0 Å². The Bertz CT molecular complexity index is 728. The summed E-state index contributed by atoms with van der Waals surface area (Å²) < 4.78 is 26.7. The number of nitro groups is 1. The van der Waals surface area contributed by atoms with Crippen molar-refractivity contribution in [2.24, 2.45) is 5.90 Å². The number of hydrogen-bond donors (Lipinski definition) is 1. The first kappa shape index (κ1) is 12.4. The van der Waals surface area contributed by atoms with Crippen molar-refractivity contribution in [3.8, 4) is 0 Å². The van der Waals surface area contributed by atoms with Gasteiger partial charge in [0.1, 0.15) is 0 Å². The van der Waals surface area contributed by atoms with Crippen LogP contribution in [-0.4, -0.2) is 18.3 Å². The van der Waals surface area contributed by atoms with Gasteiger partial charge in [0, 0.05) is 11.5 Å². The van der Waals surface area contributed by atoms with Crippen LogP contribution in [0.1, 0.15) is 0 Å². The van der Waals surface area contributed by atoms with Gasteiger partial charge in [-0.05, 0) is 6.07 Å². The Kier molecular flexibility index (Phi) is 2.95. The van der Waals surface area contributed by atoms with E-state index in [1.54, 1.807) is 18.2 Å². The number of hydrogen-bond acceptors (Lipinski definition) is 7. The highest BCUT2D eigenvalue weighted by Crippen LogP contribution is 2.26. The van der Waals surface area contributed by atoms with Gasteiger partial charge in [-0.3, -0.25) is 10.1 Å². The molecule has 0 saturated heterocycles. The summed E-state index contributed by atoms with van der Waals surface area (Å²) in [4.78, 5) is 13.7. The SMILES string of the molecule is NOS(=O)(=O)c1nc2ccccc2cc1[N+](=O)[O-]. The monoisotopic (exact) mass is 269 g/mol. The number of rotatable bonds is 3. The van der Waals surface area contributed by atoms with Gasteiger partial charge in [0.05, 0.1) is 10.4 Å². The van der Waals surface area contributed by atoms with E-state index in [0.29, 0.717) is 10.9 Å². The van der Waals surface area contributed by atoms with Gasteiger partial charge in [-0.1, -0.05) is 18.2 Å². The van der Waals surface area contributed by atoms with Gasteiger partial charge >= 0.3 is 15.8 Å². The summed E-state index contributed by atoms with van der Waals surface area (Å²) in [6.45, 7) is 0. The number of aromatic nitrogens is 1. The van der Waals surface area contributed by atoms with E-state index in [0.717, 1.165) is 6.07 Å². The molecule has 18 heavy (non-hydrogen) atoms.